The van der Waals surface area contributed by atoms with Crippen molar-refractivity contribution < 1.29 is 31.8 Å². The summed E-state index contributed by atoms with van der Waals surface area (Å²) in [5.74, 6) is -4.80. The number of ether oxygens (including phenoxy) is 1. The van der Waals surface area contributed by atoms with Gasteiger partial charge in [0.15, 0.2) is 0 Å². The van der Waals surface area contributed by atoms with E-state index >= 15 is 0 Å². The number of halogens is 2. The number of hydrogen-bond acceptors (Lipinski definition) is 4. The van der Waals surface area contributed by atoms with Gasteiger partial charge in [-0.3, -0.25) is 4.79 Å². The molecule has 1 aliphatic heterocycles. The van der Waals surface area contributed by atoms with Crippen molar-refractivity contribution in [3.8, 4) is 0 Å². The van der Waals surface area contributed by atoms with E-state index in [0.717, 1.165) is 0 Å². The SMILES string of the molecule is O=C(O)CC1COCCN1S(=O)(=O)C(F)F. The second-order valence-electron chi connectivity index (χ2n) is 3.24. The highest BCUT2D eigenvalue weighted by atomic mass is 32.2. The van der Waals surface area contributed by atoms with Crippen molar-refractivity contribution in [2.75, 3.05) is 19.8 Å². The van der Waals surface area contributed by atoms with Crippen LogP contribution in [0.4, 0.5) is 8.78 Å². The molecular weight excluding hydrogens is 248 g/mol. The van der Waals surface area contributed by atoms with Crippen LogP contribution < -0.4 is 0 Å². The van der Waals surface area contributed by atoms with Crippen LogP contribution in [0.5, 0.6) is 0 Å². The molecule has 94 valence electrons. The maximum Gasteiger partial charge on any atom is 0.350 e. The predicted molar refractivity (Wildman–Crippen MR) is 48.5 cm³/mol. The Balaban J connectivity index is 2.86. The van der Waals surface area contributed by atoms with Crippen LogP contribution >= 0.6 is 0 Å². The zero-order valence-corrected chi connectivity index (χ0v) is 8.99. The van der Waals surface area contributed by atoms with Crippen LogP contribution in [0, 0.1) is 0 Å². The molecule has 0 aliphatic carbocycles. The summed E-state index contributed by atoms with van der Waals surface area (Å²) in [5.41, 5.74) is 0. The van der Waals surface area contributed by atoms with E-state index in [1.807, 2.05) is 0 Å². The lowest BCUT2D eigenvalue weighted by Gasteiger charge is -2.33. The molecule has 0 radical (unpaired) electrons. The van der Waals surface area contributed by atoms with Gasteiger partial charge in [-0.25, -0.2) is 8.42 Å². The fraction of sp³-hybridized carbons (Fsp3) is 0.857. The Bertz CT molecular complexity index is 358. The van der Waals surface area contributed by atoms with Crippen LogP contribution in [-0.4, -0.2) is 55.4 Å². The molecule has 0 aromatic heterocycles. The summed E-state index contributed by atoms with van der Waals surface area (Å²) in [6, 6.07) is -1.06. The van der Waals surface area contributed by atoms with Gasteiger partial charge in [0.1, 0.15) is 0 Å². The Morgan fingerprint density at radius 3 is 2.69 bits per heavy atom. The monoisotopic (exact) mass is 259 g/mol. The Morgan fingerprint density at radius 2 is 2.19 bits per heavy atom. The van der Waals surface area contributed by atoms with Crippen molar-refractivity contribution in [2.45, 2.75) is 18.2 Å². The van der Waals surface area contributed by atoms with Gasteiger partial charge in [-0.05, 0) is 0 Å². The van der Waals surface area contributed by atoms with Gasteiger partial charge in [0, 0.05) is 6.54 Å². The average Bonchev–Trinajstić information content (AvgIpc) is 2.17. The summed E-state index contributed by atoms with van der Waals surface area (Å²) in [7, 11) is -4.74. The van der Waals surface area contributed by atoms with Gasteiger partial charge in [-0.2, -0.15) is 13.1 Å². The van der Waals surface area contributed by atoms with Gasteiger partial charge in [0.05, 0.1) is 25.7 Å². The first-order valence-corrected chi connectivity index (χ1v) is 5.94. The van der Waals surface area contributed by atoms with Crippen LogP contribution in [0.3, 0.4) is 0 Å². The predicted octanol–water partition coefficient (Wildman–Crippen LogP) is -0.286. The first-order chi connectivity index (χ1) is 7.35. The fourth-order valence-electron chi connectivity index (χ4n) is 1.44. The number of morpholine rings is 1. The summed E-state index contributed by atoms with van der Waals surface area (Å²) >= 11 is 0. The van der Waals surface area contributed by atoms with Crippen molar-refractivity contribution >= 4 is 16.0 Å². The zero-order chi connectivity index (χ0) is 12.3. The Morgan fingerprint density at radius 1 is 1.56 bits per heavy atom. The maximum absolute atomic E-state index is 12.3. The van der Waals surface area contributed by atoms with Crippen LogP contribution in [0.2, 0.25) is 0 Å². The molecule has 0 saturated carbocycles. The van der Waals surface area contributed by atoms with Crippen molar-refractivity contribution in [3.05, 3.63) is 0 Å². The molecule has 1 atom stereocenters. The molecule has 1 unspecified atom stereocenters. The summed E-state index contributed by atoms with van der Waals surface area (Å²) in [6.07, 6.45) is -0.550. The Kier molecular flexibility index (Phi) is 4.16. The number of hydrogen-bond donors (Lipinski definition) is 1. The number of aliphatic carboxylic acids is 1. The van der Waals surface area contributed by atoms with Crippen molar-refractivity contribution in [2.24, 2.45) is 0 Å². The topological polar surface area (TPSA) is 83.9 Å². The third kappa shape index (κ3) is 2.86. The number of carboxylic acid groups (broad SMARTS) is 1. The fourth-order valence-corrected chi connectivity index (χ4v) is 2.52. The molecule has 6 nitrogen and oxygen atoms in total. The summed E-state index contributed by atoms with van der Waals surface area (Å²) < 4.78 is 52.4. The van der Waals surface area contributed by atoms with Crippen LogP contribution in [0.15, 0.2) is 0 Å². The molecule has 16 heavy (non-hydrogen) atoms. The van der Waals surface area contributed by atoms with E-state index in [1.54, 1.807) is 0 Å². The van der Waals surface area contributed by atoms with E-state index in [4.69, 9.17) is 9.84 Å². The van der Waals surface area contributed by atoms with E-state index in [1.165, 1.54) is 0 Å². The average molecular weight is 259 g/mol. The lowest BCUT2D eigenvalue weighted by molar-refractivity contribution is -0.139. The first-order valence-electron chi connectivity index (χ1n) is 4.44. The molecule has 1 N–H and O–H groups in total. The third-order valence-corrected chi connectivity index (χ3v) is 3.72. The molecule has 1 rings (SSSR count). The lowest BCUT2D eigenvalue weighted by Crippen LogP contribution is -2.51. The smallest absolute Gasteiger partial charge is 0.350 e. The molecule has 9 heteroatoms. The molecule has 0 amide bonds. The van der Waals surface area contributed by atoms with Gasteiger partial charge in [-0.15, -0.1) is 0 Å². The largest absolute Gasteiger partial charge is 0.481 e. The first kappa shape index (κ1) is 13.3. The number of carboxylic acids is 1. The zero-order valence-electron chi connectivity index (χ0n) is 8.17. The van der Waals surface area contributed by atoms with Gasteiger partial charge in [0.2, 0.25) is 0 Å². The van der Waals surface area contributed by atoms with Gasteiger partial charge < -0.3 is 9.84 Å². The third-order valence-electron chi connectivity index (χ3n) is 2.14. The molecular formula is C7H11F2NO5S. The molecule has 0 bridgehead atoms. The Labute approximate surface area is 90.8 Å². The summed E-state index contributed by atoms with van der Waals surface area (Å²) in [4.78, 5) is 10.4. The molecule has 1 aliphatic rings. The molecule has 0 spiro atoms. The Hall–Kier alpha value is -0.800. The highest BCUT2D eigenvalue weighted by molar-refractivity contribution is 7.89. The highest BCUT2D eigenvalue weighted by Gasteiger charge is 2.39. The second kappa shape index (κ2) is 5.02. The molecule has 1 fully saturated rings. The minimum absolute atomic E-state index is 0.0118. The number of sulfonamides is 1. The van der Waals surface area contributed by atoms with Crippen LogP contribution in [0.25, 0.3) is 0 Å². The lowest BCUT2D eigenvalue weighted by atomic mass is 10.2. The molecule has 0 aromatic rings. The van der Waals surface area contributed by atoms with E-state index < -0.39 is 34.2 Å². The van der Waals surface area contributed by atoms with Crippen molar-refractivity contribution in [3.63, 3.8) is 0 Å². The number of nitrogens with zero attached hydrogens (tertiary/aromatic N) is 1. The summed E-state index contributed by atoms with van der Waals surface area (Å²) in [5, 5.41) is 8.52. The van der Waals surface area contributed by atoms with Crippen LogP contribution in [0.1, 0.15) is 6.42 Å². The van der Waals surface area contributed by atoms with Crippen LogP contribution in [-0.2, 0) is 19.6 Å². The van der Waals surface area contributed by atoms with Crippen molar-refractivity contribution in [1.29, 1.82) is 0 Å². The number of rotatable bonds is 4. The second-order valence-corrected chi connectivity index (χ2v) is 5.10. The molecule has 1 saturated heterocycles. The van der Waals surface area contributed by atoms with E-state index in [-0.39, 0.29) is 19.8 Å². The quantitative estimate of drug-likeness (QED) is 0.750. The van der Waals surface area contributed by atoms with Gasteiger partial charge >= 0.3 is 11.7 Å². The van der Waals surface area contributed by atoms with Gasteiger partial charge in [0.25, 0.3) is 10.0 Å². The van der Waals surface area contributed by atoms with Gasteiger partial charge in [-0.1, -0.05) is 0 Å². The minimum Gasteiger partial charge on any atom is -0.481 e. The number of carbonyl (C=O) groups is 1. The maximum atomic E-state index is 12.3. The summed E-state index contributed by atoms with van der Waals surface area (Å²) in [6.45, 7) is -0.440. The number of alkyl halides is 2. The molecule has 1 heterocycles. The van der Waals surface area contributed by atoms with Crippen molar-refractivity contribution in [1.82, 2.24) is 4.31 Å². The van der Waals surface area contributed by atoms with E-state index in [9.17, 15) is 22.0 Å². The normalized spacial score (nSPS) is 23.6. The minimum atomic E-state index is -4.74. The highest BCUT2D eigenvalue weighted by Crippen LogP contribution is 2.20. The molecule has 0 aromatic carbocycles. The standard InChI is InChI=1S/C7H11F2NO5S/c8-7(9)16(13,14)10-1-2-15-4-5(10)3-6(11)12/h5,7H,1-4H2,(H,11,12). The van der Waals surface area contributed by atoms with E-state index in [0.29, 0.717) is 4.31 Å². The van der Waals surface area contributed by atoms with E-state index in [2.05, 4.69) is 0 Å².